The first-order valence-electron chi connectivity index (χ1n) is 9.77. The molecule has 0 aliphatic rings. The standard InChI is InChI=1S/C24H21N3O4/c1-30-19-7-8-20-21(14-19)25-11-9-22(20)31-12-10-17-13-18(15-26-23(17)28)27-24(29)16-5-3-2-4-6-16/h2-9,11,13-15H,10,12H2,1H3,(H,26,28)(H,27,29). The van der Waals surface area contributed by atoms with Gasteiger partial charge in [0.25, 0.3) is 11.5 Å². The predicted octanol–water partition coefficient (Wildman–Crippen LogP) is 3.81. The molecule has 7 heteroatoms. The van der Waals surface area contributed by atoms with E-state index in [0.29, 0.717) is 35.6 Å². The summed E-state index contributed by atoms with van der Waals surface area (Å²) in [4.78, 5) is 31.5. The third kappa shape index (κ3) is 4.72. The van der Waals surface area contributed by atoms with E-state index in [-0.39, 0.29) is 11.5 Å². The first-order valence-corrected chi connectivity index (χ1v) is 9.77. The molecule has 156 valence electrons. The second kappa shape index (κ2) is 9.13. The Morgan fingerprint density at radius 2 is 1.94 bits per heavy atom. The summed E-state index contributed by atoms with van der Waals surface area (Å²) in [5, 5.41) is 3.66. The first-order chi connectivity index (χ1) is 15.1. The van der Waals surface area contributed by atoms with E-state index < -0.39 is 0 Å². The molecule has 0 aliphatic heterocycles. The fourth-order valence-electron chi connectivity index (χ4n) is 3.21. The van der Waals surface area contributed by atoms with Gasteiger partial charge in [0.1, 0.15) is 11.5 Å². The summed E-state index contributed by atoms with van der Waals surface area (Å²) in [5.41, 5.74) is 2.13. The largest absolute Gasteiger partial charge is 0.497 e. The van der Waals surface area contributed by atoms with Gasteiger partial charge >= 0.3 is 0 Å². The maximum Gasteiger partial charge on any atom is 0.255 e. The van der Waals surface area contributed by atoms with Crippen LogP contribution in [0.15, 0.2) is 77.9 Å². The molecule has 31 heavy (non-hydrogen) atoms. The SMILES string of the molecule is COc1ccc2c(OCCc3cc(NC(=O)c4ccccc4)c[nH]c3=O)ccnc2c1. The first kappa shape index (κ1) is 20.2. The van der Waals surface area contributed by atoms with Crippen molar-refractivity contribution in [2.24, 2.45) is 0 Å². The molecule has 0 fully saturated rings. The lowest BCUT2D eigenvalue weighted by atomic mass is 10.1. The molecule has 1 amide bonds. The van der Waals surface area contributed by atoms with E-state index in [1.54, 1.807) is 49.7 Å². The van der Waals surface area contributed by atoms with Gasteiger partial charge in [-0.25, -0.2) is 0 Å². The zero-order chi connectivity index (χ0) is 21.6. The maximum atomic E-state index is 12.3. The molecule has 0 saturated heterocycles. The molecular formula is C24H21N3O4. The molecular weight excluding hydrogens is 394 g/mol. The highest BCUT2D eigenvalue weighted by molar-refractivity contribution is 6.04. The minimum absolute atomic E-state index is 0.217. The highest BCUT2D eigenvalue weighted by atomic mass is 16.5. The molecule has 4 aromatic rings. The van der Waals surface area contributed by atoms with E-state index in [0.717, 1.165) is 16.7 Å². The second-order valence-corrected chi connectivity index (χ2v) is 6.85. The molecule has 2 aromatic carbocycles. The van der Waals surface area contributed by atoms with Crippen LogP contribution in [0.25, 0.3) is 10.9 Å². The van der Waals surface area contributed by atoms with Gasteiger partial charge < -0.3 is 19.8 Å². The molecule has 7 nitrogen and oxygen atoms in total. The number of nitrogens with zero attached hydrogens (tertiary/aromatic N) is 1. The summed E-state index contributed by atoms with van der Waals surface area (Å²) < 4.78 is 11.2. The van der Waals surface area contributed by atoms with Gasteiger partial charge in [0.2, 0.25) is 0 Å². The summed E-state index contributed by atoms with van der Waals surface area (Å²) in [6, 6.07) is 17.9. The number of carbonyl (C=O) groups is 1. The minimum Gasteiger partial charge on any atom is -0.497 e. The molecule has 0 bridgehead atoms. The number of carbonyl (C=O) groups excluding carboxylic acids is 1. The van der Waals surface area contributed by atoms with E-state index >= 15 is 0 Å². The van der Waals surface area contributed by atoms with Crippen molar-refractivity contribution in [2.75, 3.05) is 19.0 Å². The average molecular weight is 415 g/mol. The molecule has 0 saturated carbocycles. The molecule has 0 atom stereocenters. The Kier molecular flexibility index (Phi) is 5.93. The van der Waals surface area contributed by atoms with Gasteiger partial charge in [-0.2, -0.15) is 0 Å². The number of benzene rings is 2. The lowest BCUT2D eigenvalue weighted by molar-refractivity contribution is 0.102. The Morgan fingerprint density at radius 3 is 2.74 bits per heavy atom. The molecule has 0 radical (unpaired) electrons. The van der Waals surface area contributed by atoms with Crippen molar-refractivity contribution in [1.29, 1.82) is 0 Å². The van der Waals surface area contributed by atoms with Gasteiger partial charge in [0.15, 0.2) is 0 Å². The molecule has 4 rings (SSSR count). The van der Waals surface area contributed by atoms with E-state index in [2.05, 4.69) is 15.3 Å². The highest BCUT2D eigenvalue weighted by Crippen LogP contribution is 2.27. The third-order valence-electron chi connectivity index (χ3n) is 4.81. The van der Waals surface area contributed by atoms with Gasteiger partial charge in [-0.05, 0) is 36.4 Å². The van der Waals surface area contributed by atoms with Crippen molar-refractivity contribution in [3.63, 3.8) is 0 Å². The number of aromatic nitrogens is 2. The lowest BCUT2D eigenvalue weighted by Gasteiger charge is -2.10. The van der Waals surface area contributed by atoms with Gasteiger partial charge in [0, 0.05) is 41.4 Å². The van der Waals surface area contributed by atoms with E-state index in [4.69, 9.17) is 9.47 Å². The Labute approximate surface area is 178 Å². The summed E-state index contributed by atoms with van der Waals surface area (Å²) in [6.07, 6.45) is 3.53. The van der Waals surface area contributed by atoms with Crippen LogP contribution in [0.3, 0.4) is 0 Å². The van der Waals surface area contributed by atoms with Crippen LogP contribution in [0.1, 0.15) is 15.9 Å². The van der Waals surface area contributed by atoms with Crippen molar-refractivity contribution in [2.45, 2.75) is 6.42 Å². The van der Waals surface area contributed by atoms with E-state index in [9.17, 15) is 9.59 Å². The maximum absolute atomic E-state index is 12.3. The van der Waals surface area contributed by atoms with Gasteiger partial charge in [0.05, 0.1) is 24.9 Å². The zero-order valence-electron chi connectivity index (χ0n) is 16.9. The van der Waals surface area contributed by atoms with Crippen LogP contribution < -0.4 is 20.3 Å². The smallest absolute Gasteiger partial charge is 0.255 e. The number of H-pyrrole nitrogens is 1. The average Bonchev–Trinajstić information content (AvgIpc) is 2.81. The highest BCUT2D eigenvalue weighted by Gasteiger charge is 2.09. The zero-order valence-corrected chi connectivity index (χ0v) is 16.9. The third-order valence-corrected chi connectivity index (χ3v) is 4.81. The second-order valence-electron chi connectivity index (χ2n) is 6.85. The van der Waals surface area contributed by atoms with Crippen molar-refractivity contribution in [3.8, 4) is 11.5 Å². The van der Waals surface area contributed by atoms with Gasteiger partial charge in [-0.15, -0.1) is 0 Å². The molecule has 0 aliphatic carbocycles. The molecule has 0 unspecified atom stereocenters. The molecule has 2 aromatic heterocycles. The number of hydrogen-bond donors (Lipinski definition) is 2. The van der Waals surface area contributed by atoms with E-state index in [1.807, 2.05) is 24.3 Å². The van der Waals surface area contributed by atoms with Crippen LogP contribution in [0.2, 0.25) is 0 Å². The Balaban J connectivity index is 1.44. The van der Waals surface area contributed by atoms with E-state index in [1.165, 1.54) is 6.20 Å². The summed E-state index contributed by atoms with van der Waals surface area (Å²) in [7, 11) is 1.61. The van der Waals surface area contributed by atoms with Crippen LogP contribution in [0.4, 0.5) is 5.69 Å². The number of ether oxygens (including phenoxy) is 2. The molecule has 2 heterocycles. The summed E-state index contributed by atoms with van der Waals surface area (Å²) >= 11 is 0. The molecule has 2 N–H and O–H groups in total. The van der Waals surface area contributed by atoms with Gasteiger partial charge in [-0.3, -0.25) is 14.6 Å². The number of aromatic amines is 1. The number of nitrogens with one attached hydrogen (secondary N) is 2. The summed E-state index contributed by atoms with van der Waals surface area (Å²) in [6.45, 7) is 0.296. The van der Waals surface area contributed by atoms with Crippen molar-refractivity contribution in [3.05, 3.63) is 94.5 Å². The predicted molar refractivity (Wildman–Crippen MR) is 119 cm³/mol. The Hall–Kier alpha value is -4.13. The minimum atomic E-state index is -0.242. The van der Waals surface area contributed by atoms with Crippen molar-refractivity contribution < 1.29 is 14.3 Å². The Morgan fingerprint density at radius 1 is 1.10 bits per heavy atom. The Bertz CT molecular complexity index is 1270. The van der Waals surface area contributed by atoms with Crippen molar-refractivity contribution >= 4 is 22.5 Å². The van der Waals surface area contributed by atoms with Crippen LogP contribution in [0, 0.1) is 0 Å². The summed E-state index contributed by atoms with van der Waals surface area (Å²) in [5.74, 6) is 1.16. The van der Waals surface area contributed by atoms with Crippen LogP contribution in [-0.2, 0) is 6.42 Å². The monoisotopic (exact) mass is 415 g/mol. The number of fused-ring (bicyclic) bond motifs is 1. The number of amides is 1. The molecule has 0 spiro atoms. The lowest BCUT2D eigenvalue weighted by Crippen LogP contribution is -2.18. The fourth-order valence-corrected chi connectivity index (χ4v) is 3.21. The topological polar surface area (TPSA) is 93.3 Å². The van der Waals surface area contributed by atoms with Crippen LogP contribution in [0.5, 0.6) is 11.5 Å². The number of pyridine rings is 2. The number of methoxy groups -OCH3 is 1. The number of rotatable bonds is 7. The number of hydrogen-bond acceptors (Lipinski definition) is 5. The van der Waals surface area contributed by atoms with Gasteiger partial charge in [-0.1, -0.05) is 18.2 Å². The van der Waals surface area contributed by atoms with Crippen molar-refractivity contribution in [1.82, 2.24) is 9.97 Å². The van der Waals surface area contributed by atoms with Crippen LogP contribution in [-0.4, -0.2) is 29.6 Å². The normalized spacial score (nSPS) is 10.6. The van der Waals surface area contributed by atoms with Crippen LogP contribution >= 0.6 is 0 Å². The number of anilines is 1. The fraction of sp³-hybridized carbons (Fsp3) is 0.125. The quantitative estimate of drug-likeness (QED) is 0.479.